The van der Waals surface area contributed by atoms with E-state index in [1.165, 1.54) is 35.9 Å². The quantitative estimate of drug-likeness (QED) is 0.101. The van der Waals surface area contributed by atoms with Gasteiger partial charge in [0.25, 0.3) is 11.8 Å². The van der Waals surface area contributed by atoms with Crippen LogP contribution >= 0.6 is 34.4 Å². The fraction of sp³-hybridized carbons (Fsp3) is 0.407. The molecule has 1 unspecified atom stereocenters. The van der Waals surface area contributed by atoms with Gasteiger partial charge in [-0.25, -0.2) is 19.6 Å². The fourth-order valence-corrected chi connectivity index (χ4v) is 7.64. The molecule has 1 saturated heterocycles. The first-order chi connectivity index (χ1) is 20.7. The van der Waals surface area contributed by atoms with E-state index in [1.54, 1.807) is 11.3 Å². The average molecular weight is 661 g/mol. The first kappa shape index (κ1) is 31.3. The number of nitrogen functional groups attached to an aromatic ring is 1. The summed E-state index contributed by atoms with van der Waals surface area (Å²) in [7, 11) is 0. The van der Waals surface area contributed by atoms with Crippen molar-refractivity contribution in [2.24, 2.45) is 11.1 Å². The van der Waals surface area contributed by atoms with E-state index in [1.807, 2.05) is 23.0 Å². The molecular formula is C27H30N7O7S3+. The second kappa shape index (κ2) is 12.1. The molecule has 0 aromatic carbocycles. The summed E-state index contributed by atoms with van der Waals surface area (Å²) >= 11 is 3.96. The van der Waals surface area contributed by atoms with E-state index >= 15 is 0 Å². The maximum absolute atomic E-state index is 13.3. The van der Waals surface area contributed by atoms with Gasteiger partial charge >= 0.3 is 11.9 Å². The van der Waals surface area contributed by atoms with Gasteiger partial charge in [-0.15, -0.1) is 34.4 Å². The Morgan fingerprint density at radius 2 is 2.05 bits per heavy atom. The Labute approximate surface area is 263 Å². The summed E-state index contributed by atoms with van der Waals surface area (Å²) in [6.07, 6.45) is 4.64. The average Bonchev–Trinajstić information content (AvgIpc) is 3.55. The summed E-state index contributed by atoms with van der Waals surface area (Å²) < 4.78 is 2.86. The zero-order valence-electron chi connectivity index (χ0n) is 24.1. The van der Waals surface area contributed by atoms with Crippen molar-refractivity contribution in [3.63, 3.8) is 0 Å². The maximum atomic E-state index is 13.3. The van der Waals surface area contributed by atoms with Crippen molar-refractivity contribution in [2.75, 3.05) is 11.5 Å². The van der Waals surface area contributed by atoms with Crippen molar-refractivity contribution in [2.45, 2.75) is 57.7 Å². The largest absolute Gasteiger partial charge is 0.478 e. The maximum Gasteiger partial charge on any atom is 0.352 e. The van der Waals surface area contributed by atoms with Crippen LogP contribution in [0.5, 0.6) is 0 Å². The van der Waals surface area contributed by atoms with Gasteiger partial charge in [-0.1, -0.05) is 19.0 Å². The van der Waals surface area contributed by atoms with Gasteiger partial charge in [0.05, 0.1) is 10.5 Å². The van der Waals surface area contributed by atoms with Crippen molar-refractivity contribution in [3.05, 3.63) is 45.8 Å². The van der Waals surface area contributed by atoms with Gasteiger partial charge in [0.1, 0.15) is 27.5 Å². The normalized spacial score (nSPS) is 18.8. The SMILES string of the molecule is CC(C)Cc1nc2cc[n+](CC3=C(C(=O)O)N4C(=O)C(NC(=O)C(=NOC(C)(C)C(=O)O)c5csc(N)n5)[C@@H]4SC3)cc2s1. The number of nitrogens with one attached hydrogen (secondary N) is 1. The van der Waals surface area contributed by atoms with Crippen LogP contribution in [0.4, 0.5) is 5.13 Å². The van der Waals surface area contributed by atoms with Gasteiger partial charge in [-0.2, -0.15) is 4.57 Å². The predicted molar refractivity (Wildman–Crippen MR) is 164 cm³/mol. The van der Waals surface area contributed by atoms with E-state index in [9.17, 15) is 29.4 Å². The highest BCUT2D eigenvalue weighted by molar-refractivity contribution is 8.00. The van der Waals surface area contributed by atoms with Crippen molar-refractivity contribution in [1.29, 1.82) is 0 Å². The highest BCUT2D eigenvalue weighted by Crippen LogP contribution is 2.40. The molecule has 5 N–H and O–H groups in total. The second-order valence-electron chi connectivity index (χ2n) is 11.1. The second-order valence-corrected chi connectivity index (χ2v) is 14.2. The van der Waals surface area contributed by atoms with Crippen LogP contribution in [-0.2, 0) is 37.0 Å². The molecule has 3 aromatic rings. The Kier molecular flexibility index (Phi) is 8.64. The van der Waals surface area contributed by atoms with Gasteiger partial charge in [-0.05, 0) is 19.8 Å². The lowest BCUT2D eigenvalue weighted by Crippen LogP contribution is -2.71. The molecule has 44 heavy (non-hydrogen) atoms. The number of rotatable bonds is 11. The number of fused-ring (bicyclic) bond motifs is 2. The highest BCUT2D eigenvalue weighted by atomic mass is 32.2. The Bertz CT molecular complexity index is 1730. The molecule has 0 bridgehead atoms. The molecule has 5 rings (SSSR count). The Balaban J connectivity index is 1.35. The zero-order chi connectivity index (χ0) is 31.9. The highest BCUT2D eigenvalue weighted by Gasteiger charge is 2.55. The molecule has 2 amide bonds. The summed E-state index contributed by atoms with van der Waals surface area (Å²) in [6.45, 7) is 7.03. The topological polar surface area (TPSA) is 201 Å². The number of nitrogens with two attached hydrogens (primary N) is 1. The number of hydrogen-bond acceptors (Lipinski definition) is 12. The molecule has 0 radical (unpaired) electrons. The number of aromatic nitrogens is 3. The van der Waals surface area contributed by atoms with Crippen LogP contribution in [0, 0.1) is 5.92 Å². The van der Waals surface area contributed by atoms with E-state index in [-0.39, 0.29) is 28.8 Å². The van der Waals surface area contributed by atoms with Crippen molar-refractivity contribution in [3.8, 4) is 0 Å². The molecule has 14 nitrogen and oxygen atoms in total. The van der Waals surface area contributed by atoms with Gasteiger partial charge < -0.3 is 26.1 Å². The monoisotopic (exact) mass is 660 g/mol. The minimum atomic E-state index is -1.76. The summed E-state index contributed by atoms with van der Waals surface area (Å²) in [5.74, 6) is -3.22. The number of carbonyl (C=O) groups excluding carboxylic acids is 2. The number of anilines is 1. The lowest BCUT2D eigenvalue weighted by Gasteiger charge is -2.49. The third-order valence-electron chi connectivity index (χ3n) is 6.78. The number of aliphatic carboxylic acids is 2. The van der Waals surface area contributed by atoms with Crippen LogP contribution in [-0.4, -0.2) is 77.3 Å². The number of β-lactam (4-membered cyclic amide) rings is 1. The Hall–Kier alpha value is -4.09. The molecule has 0 aliphatic carbocycles. The zero-order valence-corrected chi connectivity index (χ0v) is 26.6. The number of carboxylic acids is 2. The number of carbonyl (C=O) groups is 4. The Morgan fingerprint density at radius 1 is 1.30 bits per heavy atom. The van der Waals surface area contributed by atoms with Gasteiger partial charge in [0.2, 0.25) is 5.60 Å². The smallest absolute Gasteiger partial charge is 0.352 e. The van der Waals surface area contributed by atoms with Crippen molar-refractivity contribution < 1.29 is 38.8 Å². The number of thiazole rings is 2. The lowest BCUT2D eigenvalue weighted by atomic mass is 10.0. The number of thioether (sulfide) groups is 1. The minimum Gasteiger partial charge on any atom is -0.478 e. The molecular weight excluding hydrogens is 631 g/mol. The number of amides is 2. The standard InChI is InChI=1S/C27H29N7O7S3/c1-12(2)7-17-29-14-5-6-33(9-16(14)44-17)8-13-10-42-23-19(22(36)34(23)20(13)24(37)38)31-21(35)18(15-11-43-26(28)30-15)32-41-27(3,4)25(39)40/h5-6,9,11-12,19,23H,7-8,10H2,1-4H3,(H4-,28,30,31,35,37,38,39,40)/p+1/t19?,23-/m0/s1. The molecule has 232 valence electrons. The summed E-state index contributed by atoms with van der Waals surface area (Å²) in [4.78, 5) is 65.5. The van der Waals surface area contributed by atoms with Crippen LogP contribution < -0.4 is 15.6 Å². The van der Waals surface area contributed by atoms with Gasteiger partial charge in [0.15, 0.2) is 29.8 Å². The van der Waals surface area contributed by atoms with Crippen LogP contribution in [0.3, 0.4) is 0 Å². The van der Waals surface area contributed by atoms with Gasteiger partial charge in [-0.3, -0.25) is 14.5 Å². The van der Waals surface area contributed by atoms with E-state index in [2.05, 4.69) is 34.3 Å². The van der Waals surface area contributed by atoms with Crippen LogP contribution in [0.2, 0.25) is 0 Å². The minimum absolute atomic E-state index is 0.0331. The van der Waals surface area contributed by atoms with Gasteiger partial charge in [0, 0.05) is 29.2 Å². The third-order valence-corrected chi connectivity index (χ3v) is 9.83. The van der Waals surface area contributed by atoms with E-state index in [0.29, 0.717) is 17.2 Å². The van der Waals surface area contributed by atoms with Crippen molar-refractivity contribution in [1.82, 2.24) is 20.2 Å². The predicted octanol–water partition coefficient (Wildman–Crippen LogP) is 1.84. The lowest BCUT2D eigenvalue weighted by molar-refractivity contribution is -0.687. The number of pyridine rings is 1. The molecule has 2 atom stereocenters. The number of oxime groups is 1. The van der Waals surface area contributed by atoms with E-state index in [0.717, 1.165) is 33.0 Å². The number of hydrogen-bond donors (Lipinski definition) is 4. The molecule has 17 heteroatoms. The first-order valence-corrected chi connectivity index (χ1v) is 16.2. The fourth-order valence-electron chi connectivity index (χ4n) is 4.53. The van der Waals surface area contributed by atoms with E-state index in [4.69, 9.17) is 10.6 Å². The third kappa shape index (κ3) is 6.25. The molecule has 0 spiro atoms. The first-order valence-electron chi connectivity index (χ1n) is 13.5. The van der Waals surface area contributed by atoms with Crippen LogP contribution in [0.15, 0.2) is 40.3 Å². The van der Waals surface area contributed by atoms with Crippen LogP contribution in [0.1, 0.15) is 38.4 Å². The van der Waals surface area contributed by atoms with Crippen LogP contribution in [0.25, 0.3) is 10.2 Å². The Morgan fingerprint density at radius 3 is 2.68 bits per heavy atom. The molecule has 2 aliphatic rings. The molecule has 0 saturated carbocycles. The van der Waals surface area contributed by atoms with Crippen molar-refractivity contribution >= 4 is 79.2 Å². The summed E-state index contributed by atoms with van der Waals surface area (Å²) in [5, 5.41) is 27.7. The summed E-state index contributed by atoms with van der Waals surface area (Å²) in [6, 6.07) is 0.837. The van der Waals surface area contributed by atoms with E-state index < -0.39 is 40.8 Å². The molecule has 3 aromatic heterocycles. The molecule has 5 heterocycles. The molecule has 1 fully saturated rings. The summed E-state index contributed by atoms with van der Waals surface area (Å²) in [5.41, 5.74) is 4.93. The number of nitrogens with zero attached hydrogens (tertiary/aromatic N) is 5. The molecule has 2 aliphatic heterocycles. The number of carboxylic acid groups (broad SMARTS) is 2.